The van der Waals surface area contributed by atoms with Gasteiger partial charge in [0.1, 0.15) is 17.1 Å². The van der Waals surface area contributed by atoms with Crippen molar-refractivity contribution in [1.82, 2.24) is 4.98 Å². The molecule has 2 aromatic rings. The monoisotopic (exact) mass is 394 g/mol. The van der Waals surface area contributed by atoms with Gasteiger partial charge in [-0.15, -0.1) is 13.2 Å². The maximum absolute atomic E-state index is 12.3. The van der Waals surface area contributed by atoms with Gasteiger partial charge in [-0.1, -0.05) is 19.3 Å². The summed E-state index contributed by atoms with van der Waals surface area (Å²) in [4.78, 5) is 14.9. The predicted octanol–water partition coefficient (Wildman–Crippen LogP) is 4.46. The Bertz CT molecular complexity index is 872. The van der Waals surface area contributed by atoms with Crippen molar-refractivity contribution in [3.05, 3.63) is 52.4 Å². The fourth-order valence-electron chi connectivity index (χ4n) is 3.26. The van der Waals surface area contributed by atoms with Crippen LogP contribution in [0.5, 0.6) is 5.75 Å². The van der Waals surface area contributed by atoms with Crippen LogP contribution in [0, 0.1) is 5.41 Å². The Labute approximate surface area is 159 Å². The van der Waals surface area contributed by atoms with E-state index in [1.165, 1.54) is 24.8 Å². The van der Waals surface area contributed by atoms with E-state index >= 15 is 0 Å². The summed E-state index contributed by atoms with van der Waals surface area (Å²) in [5, 5.41) is 14.4. The highest BCUT2D eigenvalue weighted by molar-refractivity contribution is 6.09. The Hall–Kier alpha value is -2.97. The van der Waals surface area contributed by atoms with Gasteiger partial charge in [0.2, 0.25) is 0 Å². The normalized spacial score (nSPS) is 15.1. The second-order valence-corrected chi connectivity index (χ2v) is 6.65. The van der Waals surface area contributed by atoms with E-state index in [0.29, 0.717) is 11.4 Å². The molecule has 3 rings (SSSR count). The van der Waals surface area contributed by atoms with Crippen LogP contribution >= 0.6 is 0 Å². The van der Waals surface area contributed by atoms with E-state index in [0.717, 1.165) is 37.8 Å². The first-order chi connectivity index (χ1) is 13.3. The zero-order valence-electron chi connectivity index (χ0n) is 15.0. The van der Waals surface area contributed by atoms with Crippen LogP contribution in [0.3, 0.4) is 0 Å². The summed E-state index contributed by atoms with van der Waals surface area (Å²) in [6.07, 6.45) is 2.22. The van der Waals surface area contributed by atoms with E-state index < -0.39 is 11.9 Å². The molecule has 150 valence electrons. The van der Waals surface area contributed by atoms with Crippen LogP contribution in [0.4, 0.5) is 24.5 Å². The molecule has 0 saturated heterocycles. The van der Waals surface area contributed by atoms with E-state index in [9.17, 15) is 18.0 Å². The first kappa shape index (κ1) is 19.8. The molecule has 28 heavy (non-hydrogen) atoms. The van der Waals surface area contributed by atoms with E-state index in [4.69, 9.17) is 5.41 Å². The number of ether oxygens (including phenoxy) is 1. The molecule has 6 nitrogen and oxygen atoms in total. The second kappa shape index (κ2) is 8.37. The summed E-state index contributed by atoms with van der Waals surface area (Å²) in [6.45, 7) is 0. The lowest BCUT2D eigenvalue weighted by Crippen LogP contribution is -2.29. The highest BCUT2D eigenvalue weighted by Crippen LogP contribution is 2.25. The van der Waals surface area contributed by atoms with Crippen LogP contribution in [0.2, 0.25) is 0 Å². The summed E-state index contributed by atoms with van der Waals surface area (Å²) >= 11 is 0. The SMILES string of the molecule is N=C(Nc1ccc(OC(F)(F)F)cc1)c1c(NC2CCCCC2)cc[nH]c1=O. The predicted molar refractivity (Wildman–Crippen MR) is 101 cm³/mol. The van der Waals surface area contributed by atoms with Crippen molar-refractivity contribution >= 4 is 17.2 Å². The molecule has 0 amide bonds. The maximum Gasteiger partial charge on any atom is 0.573 e. The number of benzene rings is 1. The molecule has 0 aliphatic heterocycles. The molecule has 9 heteroatoms. The fourth-order valence-corrected chi connectivity index (χ4v) is 3.26. The van der Waals surface area contributed by atoms with Crippen LogP contribution in [0.1, 0.15) is 37.7 Å². The summed E-state index contributed by atoms with van der Waals surface area (Å²) in [6, 6.07) is 6.93. The second-order valence-electron chi connectivity index (χ2n) is 6.65. The first-order valence-electron chi connectivity index (χ1n) is 9.02. The largest absolute Gasteiger partial charge is 0.573 e. The number of halogens is 3. The van der Waals surface area contributed by atoms with Gasteiger partial charge in [0, 0.05) is 17.9 Å². The zero-order valence-corrected chi connectivity index (χ0v) is 15.0. The van der Waals surface area contributed by atoms with Crippen molar-refractivity contribution in [2.45, 2.75) is 44.5 Å². The molecule has 4 N–H and O–H groups in total. The Kier molecular flexibility index (Phi) is 5.91. The molecule has 1 heterocycles. The third-order valence-corrected chi connectivity index (χ3v) is 4.53. The maximum atomic E-state index is 12.3. The van der Waals surface area contributed by atoms with Crippen molar-refractivity contribution in [3.8, 4) is 5.75 Å². The number of nitrogens with one attached hydrogen (secondary N) is 4. The van der Waals surface area contributed by atoms with Crippen molar-refractivity contribution in [2.75, 3.05) is 10.6 Å². The molecule has 1 aromatic heterocycles. The summed E-state index contributed by atoms with van der Waals surface area (Å²) < 4.78 is 40.5. The average molecular weight is 394 g/mol. The van der Waals surface area contributed by atoms with Gasteiger partial charge in [-0.05, 0) is 43.2 Å². The molecule has 1 saturated carbocycles. The van der Waals surface area contributed by atoms with Gasteiger partial charge in [-0.2, -0.15) is 0 Å². The minimum atomic E-state index is -4.77. The zero-order chi connectivity index (χ0) is 20.1. The number of hydrogen-bond donors (Lipinski definition) is 4. The summed E-state index contributed by atoms with van der Waals surface area (Å²) in [5.74, 6) is -0.508. The number of H-pyrrole nitrogens is 1. The minimum absolute atomic E-state index is 0.148. The third-order valence-electron chi connectivity index (χ3n) is 4.53. The minimum Gasteiger partial charge on any atom is -0.406 e. The van der Waals surface area contributed by atoms with E-state index in [-0.39, 0.29) is 23.2 Å². The van der Waals surface area contributed by atoms with Crippen molar-refractivity contribution < 1.29 is 17.9 Å². The van der Waals surface area contributed by atoms with Crippen LogP contribution in [0.25, 0.3) is 0 Å². The van der Waals surface area contributed by atoms with Crippen molar-refractivity contribution in [1.29, 1.82) is 5.41 Å². The van der Waals surface area contributed by atoms with E-state index in [1.807, 2.05) is 0 Å². The lowest BCUT2D eigenvalue weighted by atomic mass is 9.95. The summed E-state index contributed by atoms with van der Waals surface area (Å²) in [5.41, 5.74) is 0.663. The molecule has 1 fully saturated rings. The number of rotatable bonds is 5. The molecule has 1 aromatic carbocycles. The molecule has 0 radical (unpaired) electrons. The third kappa shape index (κ3) is 5.28. The van der Waals surface area contributed by atoms with E-state index in [2.05, 4.69) is 20.4 Å². The number of alkyl halides is 3. The van der Waals surface area contributed by atoms with Gasteiger partial charge in [0.05, 0.1) is 5.69 Å². The number of amidine groups is 1. The molecule has 0 spiro atoms. The van der Waals surface area contributed by atoms with E-state index in [1.54, 1.807) is 6.07 Å². The van der Waals surface area contributed by atoms with Crippen LogP contribution in [0.15, 0.2) is 41.3 Å². The lowest BCUT2D eigenvalue weighted by Gasteiger charge is -2.25. The Balaban J connectivity index is 1.74. The Morgan fingerprint density at radius 1 is 1.11 bits per heavy atom. The van der Waals surface area contributed by atoms with Gasteiger partial charge >= 0.3 is 6.36 Å². The molecule has 1 aliphatic carbocycles. The van der Waals surface area contributed by atoms with Crippen LogP contribution in [-0.4, -0.2) is 23.2 Å². The van der Waals surface area contributed by atoms with Gasteiger partial charge in [-0.3, -0.25) is 10.2 Å². The average Bonchev–Trinajstić information content (AvgIpc) is 2.63. The molecular weight excluding hydrogens is 373 g/mol. The van der Waals surface area contributed by atoms with Gasteiger partial charge in [0.25, 0.3) is 5.56 Å². The van der Waals surface area contributed by atoms with Crippen molar-refractivity contribution in [2.24, 2.45) is 0 Å². The lowest BCUT2D eigenvalue weighted by molar-refractivity contribution is -0.274. The topological polar surface area (TPSA) is 90.0 Å². The fraction of sp³-hybridized carbons (Fsp3) is 0.368. The van der Waals surface area contributed by atoms with Gasteiger partial charge in [-0.25, -0.2) is 0 Å². The molecule has 0 unspecified atom stereocenters. The smallest absolute Gasteiger partial charge is 0.406 e. The number of aromatic amines is 1. The van der Waals surface area contributed by atoms with Crippen LogP contribution in [-0.2, 0) is 0 Å². The Morgan fingerprint density at radius 3 is 2.43 bits per heavy atom. The first-order valence-corrected chi connectivity index (χ1v) is 9.02. The molecular formula is C19H21F3N4O2. The Morgan fingerprint density at radius 2 is 1.79 bits per heavy atom. The quantitative estimate of drug-likeness (QED) is 0.445. The summed E-state index contributed by atoms with van der Waals surface area (Å²) in [7, 11) is 0. The standard InChI is InChI=1S/C19H21F3N4O2/c20-19(21,22)28-14-8-6-13(7-9-14)26-17(23)16-15(10-11-24-18(16)27)25-12-4-2-1-3-5-12/h6-12H,1-5H2,(H2,23,26)(H2,24,25,27). The van der Waals surface area contributed by atoms with Gasteiger partial charge in [0.15, 0.2) is 0 Å². The van der Waals surface area contributed by atoms with Crippen LogP contribution < -0.4 is 20.9 Å². The highest BCUT2D eigenvalue weighted by atomic mass is 19.4. The number of aromatic nitrogens is 1. The number of hydrogen-bond acceptors (Lipinski definition) is 4. The molecule has 0 atom stereocenters. The molecule has 0 bridgehead atoms. The number of anilines is 2. The molecule has 1 aliphatic rings. The highest BCUT2D eigenvalue weighted by Gasteiger charge is 2.31. The van der Waals surface area contributed by atoms with Crippen molar-refractivity contribution in [3.63, 3.8) is 0 Å². The van der Waals surface area contributed by atoms with Gasteiger partial charge < -0.3 is 20.4 Å². The number of pyridine rings is 1.